The molecule has 1 unspecified atom stereocenters. The molecule has 23 heavy (non-hydrogen) atoms. The van der Waals surface area contributed by atoms with E-state index in [-0.39, 0.29) is 11.6 Å². The Balaban J connectivity index is 1.82. The number of rotatable bonds is 4. The van der Waals surface area contributed by atoms with Gasteiger partial charge in [-0.1, -0.05) is 11.6 Å². The van der Waals surface area contributed by atoms with Gasteiger partial charge in [0.15, 0.2) is 0 Å². The zero-order valence-electron chi connectivity index (χ0n) is 14.4. The first-order chi connectivity index (χ1) is 10.7. The van der Waals surface area contributed by atoms with Gasteiger partial charge < -0.3 is 5.32 Å². The molecule has 0 saturated heterocycles. The molecule has 1 aliphatic rings. The summed E-state index contributed by atoms with van der Waals surface area (Å²) >= 11 is 6.14. The fourth-order valence-electron chi connectivity index (χ4n) is 2.57. The van der Waals surface area contributed by atoms with Gasteiger partial charge >= 0.3 is 0 Å². The molecule has 0 spiro atoms. The highest BCUT2D eigenvalue weighted by Gasteiger charge is 2.27. The molecule has 0 bridgehead atoms. The molecule has 124 valence electrons. The first kappa shape index (κ1) is 16.2. The van der Waals surface area contributed by atoms with Crippen molar-refractivity contribution < 1.29 is 0 Å². The summed E-state index contributed by atoms with van der Waals surface area (Å²) in [7, 11) is 0. The summed E-state index contributed by atoms with van der Waals surface area (Å²) < 4.78 is 2.01. The minimum absolute atomic E-state index is 0.0277. The van der Waals surface area contributed by atoms with Gasteiger partial charge in [0, 0.05) is 23.7 Å². The third-order valence-electron chi connectivity index (χ3n) is 4.11. The average Bonchev–Trinajstić information content (AvgIpc) is 3.19. The van der Waals surface area contributed by atoms with Crippen molar-refractivity contribution in [2.24, 2.45) is 0 Å². The van der Waals surface area contributed by atoms with Crippen LogP contribution in [0.15, 0.2) is 12.3 Å². The standard InChI is InChI=1S/C17H24ClN5/c1-10(13-9-23(17(3,4)5)22-11(13)2)19-15-8-14(18)20-16(21-15)12-6-7-12/h8-10,12H,6-7H2,1-5H3,(H,19,20,21). The van der Waals surface area contributed by atoms with E-state index in [9.17, 15) is 0 Å². The number of hydrogen-bond acceptors (Lipinski definition) is 4. The van der Waals surface area contributed by atoms with Crippen LogP contribution in [-0.4, -0.2) is 19.7 Å². The fourth-order valence-corrected chi connectivity index (χ4v) is 2.76. The van der Waals surface area contributed by atoms with Gasteiger partial charge in [-0.3, -0.25) is 4.68 Å². The SMILES string of the molecule is Cc1nn(C(C)(C)C)cc1C(C)Nc1cc(Cl)nc(C2CC2)n1. The van der Waals surface area contributed by atoms with Crippen molar-refractivity contribution in [1.29, 1.82) is 0 Å². The largest absolute Gasteiger partial charge is 0.363 e. The van der Waals surface area contributed by atoms with Crippen LogP contribution in [0.1, 0.15) is 69.6 Å². The lowest BCUT2D eigenvalue weighted by molar-refractivity contribution is 0.354. The van der Waals surface area contributed by atoms with E-state index >= 15 is 0 Å². The lowest BCUT2D eigenvalue weighted by atomic mass is 10.1. The third kappa shape index (κ3) is 3.66. The zero-order chi connectivity index (χ0) is 16.8. The van der Waals surface area contributed by atoms with Gasteiger partial charge in [-0.25, -0.2) is 9.97 Å². The lowest BCUT2D eigenvalue weighted by Gasteiger charge is -2.19. The molecule has 0 aromatic carbocycles. The summed E-state index contributed by atoms with van der Waals surface area (Å²) in [5.41, 5.74) is 2.17. The van der Waals surface area contributed by atoms with Crippen LogP contribution >= 0.6 is 11.6 Å². The molecule has 0 aliphatic heterocycles. The molecule has 1 N–H and O–H groups in total. The van der Waals surface area contributed by atoms with Crippen molar-refractivity contribution >= 4 is 17.4 Å². The van der Waals surface area contributed by atoms with Gasteiger partial charge in [0.25, 0.3) is 0 Å². The van der Waals surface area contributed by atoms with Crippen molar-refractivity contribution in [3.8, 4) is 0 Å². The fraction of sp³-hybridized carbons (Fsp3) is 0.588. The average molecular weight is 334 g/mol. The molecular formula is C17H24ClN5. The van der Waals surface area contributed by atoms with Crippen molar-refractivity contribution in [3.05, 3.63) is 34.5 Å². The van der Waals surface area contributed by atoms with Crippen LogP contribution in [0.3, 0.4) is 0 Å². The van der Waals surface area contributed by atoms with E-state index in [1.807, 2.05) is 11.6 Å². The molecule has 2 heterocycles. The van der Waals surface area contributed by atoms with Crippen molar-refractivity contribution in [1.82, 2.24) is 19.7 Å². The quantitative estimate of drug-likeness (QED) is 0.840. The second kappa shape index (κ2) is 5.78. The topological polar surface area (TPSA) is 55.6 Å². The monoisotopic (exact) mass is 333 g/mol. The molecule has 1 saturated carbocycles. The second-order valence-electron chi connectivity index (χ2n) is 7.36. The Morgan fingerprint density at radius 1 is 1.30 bits per heavy atom. The Morgan fingerprint density at radius 3 is 2.57 bits per heavy atom. The van der Waals surface area contributed by atoms with Crippen molar-refractivity contribution in [3.63, 3.8) is 0 Å². The Labute approximate surface area is 142 Å². The minimum Gasteiger partial charge on any atom is -0.363 e. The van der Waals surface area contributed by atoms with Crippen LogP contribution in [0.5, 0.6) is 0 Å². The molecule has 2 aromatic rings. The highest BCUT2D eigenvalue weighted by molar-refractivity contribution is 6.29. The molecule has 6 heteroatoms. The number of anilines is 1. The maximum Gasteiger partial charge on any atom is 0.135 e. The van der Waals surface area contributed by atoms with Gasteiger partial charge in [0.1, 0.15) is 16.8 Å². The highest BCUT2D eigenvalue weighted by atomic mass is 35.5. The maximum absolute atomic E-state index is 6.14. The predicted octanol–water partition coefficient (Wildman–Crippen LogP) is 4.44. The van der Waals surface area contributed by atoms with E-state index in [4.69, 9.17) is 11.6 Å². The number of nitrogens with one attached hydrogen (secondary N) is 1. The van der Waals surface area contributed by atoms with Crippen LogP contribution in [-0.2, 0) is 5.54 Å². The van der Waals surface area contributed by atoms with E-state index in [1.165, 1.54) is 5.56 Å². The van der Waals surface area contributed by atoms with Gasteiger partial charge in [-0.05, 0) is 47.5 Å². The molecule has 0 radical (unpaired) electrons. The van der Waals surface area contributed by atoms with Gasteiger partial charge in [0.05, 0.1) is 17.3 Å². The Hall–Kier alpha value is -1.62. The summed E-state index contributed by atoms with van der Waals surface area (Å²) in [6, 6.07) is 1.89. The molecule has 1 atom stereocenters. The van der Waals surface area contributed by atoms with E-state index in [0.29, 0.717) is 11.1 Å². The molecule has 0 amide bonds. The van der Waals surface area contributed by atoms with Crippen molar-refractivity contribution in [2.45, 2.75) is 65.0 Å². The van der Waals surface area contributed by atoms with Gasteiger partial charge in [-0.15, -0.1) is 0 Å². The van der Waals surface area contributed by atoms with E-state index in [2.05, 4.69) is 54.3 Å². The maximum atomic E-state index is 6.14. The molecular weight excluding hydrogens is 310 g/mol. The summed E-state index contributed by atoms with van der Waals surface area (Å²) in [4.78, 5) is 8.94. The third-order valence-corrected chi connectivity index (χ3v) is 4.30. The van der Waals surface area contributed by atoms with Gasteiger partial charge in [0.2, 0.25) is 0 Å². The second-order valence-corrected chi connectivity index (χ2v) is 7.75. The summed E-state index contributed by atoms with van der Waals surface area (Å²) in [5.74, 6) is 2.12. The lowest BCUT2D eigenvalue weighted by Crippen LogP contribution is -2.22. The van der Waals surface area contributed by atoms with E-state index in [0.717, 1.165) is 30.2 Å². The van der Waals surface area contributed by atoms with Crippen LogP contribution in [0, 0.1) is 6.92 Å². The Bertz CT molecular complexity index is 712. The molecule has 5 nitrogen and oxygen atoms in total. The normalized spacial score (nSPS) is 16.4. The Morgan fingerprint density at radius 2 is 2.00 bits per heavy atom. The summed E-state index contributed by atoms with van der Waals surface area (Å²) in [6.07, 6.45) is 4.43. The van der Waals surface area contributed by atoms with Gasteiger partial charge in [-0.2, -0.15) is 5.10 Å². The van der Waals surface area contributed by atoms with Crippen LogP contribution < -0.4 is 5.32 Å². The number of aromatic nitrogens is 4. The van der Waals surface area contributed by atoms with E-state index < -0.39 is 0 Å². The number of nitrogens with zero attached hydrogens (tertiary/aromatic N) is 4. The van der Waals surface area contributed by atoms with Crippen LogP contribution in [0.25, 0.3) is 0 Å². The summed E-state index contributed by atoms with van der Waals surface area (Å²) in [6.45, 7) is 10.6. The Kier molecular flexibility index (Phi) is 4.08. The van der Waals surface area contributed by atoms with Crippen LogP contribution in [0.4, 0.5) is 5.82 Å². The predicted molar refractivity (Wildman–Crippen MR) is 93.0 cm³/mol. The van der Waals surface area contributed by atoms with Crippen molar-refractivity contribution in [2.75, 3.05) is 5.32 Å². The summed E-state index contributed by atoms with van der Waals surface area (Å²) in [5, 5.41) is 8.57. The highest BCUT2D eigenvalue weighted by Crippen LogP contribution is 2.39. The molecule has 3 rings (SSSR count). The number of hydrogen-bond donors (Lipinski definition) is 1. The van der Waals surface area contributed by atoms with Crippen LogP contribution in [0.2, 0.25) is 5.15 Å². The smallest absolute Gasteiger partial charge is 0.135 e. The molecule has 1 fully saturated rings. The molecule has 1 aliphatic carbocycles. The minimum atomic E-state index is -0.0277. The number of aryl methyl sites for hydroxylation is 1. The first-order valence-electron chi connectivity index (χ1n) is 8.11. The zero-order valence-corrected chi connectivity index (χ0v) is 15.1. The first-order valence-corrected chi connectivity index (χ1v) is 8.49. The molecule has 2 aromatic heterocycles. The number of halogens is 1. The van der Waals surface area contributed by atoms with E-state index in [1.54, 1.807) is 6.07 Å².